The molecule has 9 nitrogen and oxygen atoms in total. The molecule has 0 spiro atoms. The Kier molecular flexibility index (Phi) is 8.89. The Labute approximate surface area is 227 Å². The molecule has 39 heavy (non-hydrogen) atoms. The number of hydrogen-bond acceptors (Lipinski definition) is 7. The van der Waals surface area contributed by atoms with Crippen LogP contribution in [-0.2, 0) is 20.6 Å². The Hall–Kier alpha value is -3.47. The number of aliphatic hydroxyl groups is 1. The van der Waals surface area contributed by atoms with Crippen LogP contribution >= 0.6 is 0 Å². The quantitative estimate of drug-likeness (QED) is 0.258. The number of ether oxygens (including phenoxy) is 3. The first-order valence-electron chi connectivity index (χ1n) is 12.9. The van der Waals surface area contributed by atoms with Crippen LogP contribution in [-0.4, -0.2) is 77.3 Å². The lowest BCUT2D eigenvalue weighted by atomic mass is 9.92. The molecule has 0 saturated heterocycles. The molecule has 1 aliphatic carbocycles. The number of carboxylic acid groups (broad SMARTS) is 1. The van der Waals surface area contributed by atoms with Crippen molar-refractivity contribution in [2.24, 2.45) is 0 Å². The summed E-state index contributed by atoms with van der Waals surface area (Å²) in [7, 11) is 4.74. The number of hydrogen-bond donors (Lipinski definition) is 2. The number of imidazole rings is 1. The first kappa shape index (κ1) is 28.5. The van der Waals surface area contributed by atoms with Gasteiger partial charge in [0.15, 0.2) is 12.2 Å². The number of fused-ring (bicyclic) bond motifs is 1. The second-order valence-corrected chi connectivity index (χ2v) is 9.92. The number of halogens is 1. The summed E-state index contributed by atoms with van der Waals surface area (Å²) >= 11 is 0. The van der Waals surface area contributed by atoms with Gasteiger partial charge in [0, 0.05) is 38.9 Å². The van der Waals surface area contributed by atoms with E-state index < -0.39 is 24.2 Å². The van der Waals surface area contributed by atoms with Crippen molar-refractivity contribution in [1.82, 2.24) is 14.3 Å². The van der Waals surface area contributed by atoms with Crippen molar-refractivity contribution in [1.29, 1.82) is 0 Å². The number of pyridine rings is 1. The lowest BCUT2D eigenvalue weighted by Gasteiger charge is -2.34. The molecule has 4 rings (SSSR count). The van der Waals surface area contributed by atoms with E-state index in [0.717, 1.165) is 30.9 Å². The van der Waals surface area contributed by atoms with Gasteiger partial charge >= 0.3 is 5.97 Å². The van der Waals surface area contributed by atoms with Crippen molar-refractivity contribution in [2.75, 3.05) is 34.4 Å². The smallest absolute Gasteiger partial charge is 0.335 e. The molecule has 210 valence electrons. The zero-order valence-corrected chi connectivity index (χ0v) is 23.0. The van der Waals surface area contributed by atoms with Crippen molar-refractivity contribution < 1.29 is 33.6 Å². The molecule has 0 unspecified atom stereocenters. The fraction of sp³-hybridized carbons (Fsp3) is 0.448. The fourth-order valence-corrected chi connectivity index (χ4v) is 5.03. The predicted octanol–water partition coefficient (Wildman–Crippen LogP) is 4.32. The molecule has 1 aromatic carbocycles. The molecule has 2 heterocycles. The van der Waals surface area contributed by atoms with Crippen LogP contribution in [0.5, 0.6) is 0 Å². The Morgan fingerprint density at radius 2 is 1.87 bits per heavy atom. The SMILES string of the molecule is COC(=C1CCC1)N(CC(OC)OC)C[C@@H](O)Cc1c(-c2c(C)cc(C(=O)O)cc2F)nc2cc(C)ccn12. The van der Waals surface area contributed by atoms with E-state index in [1.807, 2.05) is 34.6 Å². The largest absolute Gasteiger partial charge is 0.482 e. The van der Waals surface area contributed by atoms with Crippen LogP contribution in [0.4, 0.5) is 4.39 Å². The summed E-state index contributed by atoms with van der Waals surface area (Å²) in [5, 5.41) is 20.8. The van der Waals surface area contributed by atoms with Gasteiger partial charge in [0.2, 0.25) is 0 Å². The highest BCUT2D eigenvalue weighted by atomic mass is 19.1. The van der Waals surface area contributed by atoms with Crippen molar-refractivity contribution in [3.8, 4) is 11.3 Å². The van der Waals surface area contributed by atoms with Gasteiger partial charge in [-0.05, 0) is 74.1 Å². The molecular weight excluding hydrogens is 505 g/mol. The van der Waals surface area contributed by atoms with Gasteiger partial charge in [-0.1, -0.05) is 0 Å². The second-order valence-electron chi connectivity index (χ2n) is 9.92. The van der Waals surface area contributed by atoms with Crippen molar-refractivity contribution in [3.63, 3.8) is 0 Å². The minimum Gasteiger partial charge on any atom is -0.482 e. The Bertz CT molecular complexity index is 1350. The Morgan fingerprint density at radius 3 is 2.44 bits per heavy atom. The molecule has 2 N–H and O–H groups in total. The maximum absolute atomic E-state index is 15.4. The number of allylic oxidation sites excluding steroid dienone is 1. The topological polar surface area (TPSA) is 106 Å². The number of methoxy groups -OCH3 is 3. The number of aliphatic hydroxyl groups excluding tert-OH is 1. The third-order valence-electron chi connectivity index (χ3n) is 7.15. The van der Waals surface area contributed by atoms with Gasteiger partial charge in [-0.25, -0.2) is 14.2 Å². The zero-order valence-electron chi connectivity index (χ0n) is 23.0. The lowest BCUT2D eigenvalue weighted by Crippen LogP contribution is -2.41. The molecule has 0 amide bonds. The van der Waals surface area contributed by atoms with Crippen molar-refractivity contribution in [3.05, 3.63) is 70.1 Å². The van der Waals surface area contributed by atoms with E-state index in [9.17, 15) is 15.0 Å². The highest BCUT2D eigenvalue weighted by Crippen LogP contribution is 2.33. The summed E-state index contributed by atoms with van der Waals surface area (Å²) in [6.45, 7) is 4.16. The molecule has 1 saturated carbocycles. The predicted molar refractivity (Wildman–Crippen MR) is 144 cm³/mol. The Balaban J connectivity index is 1.73. The lowest BCUT2D eigenvalue weighted by molar-refractivity contribution is -0.120. The first-order valence-corrected chi connectivity index (χ1v) is 12.9. The van der Waals surface area contributed by atoms with E-state index in [4.69, 9.17) is 19.2 Å². The Morgan fingerprint density at radius 1 is 1.15 bits per heavy atom. The summed E-state index contributed by atoms with van der Waals surface area (Å²) < 4.78 is 33.8. The number of aromatic nitrogens is 2. The molecule has 0 aliphatic heterocycles. The van der Waals surface area contributed by atoms with Crippen LogP contribution in [0, 0.1) is 19.7 Å². The van der Waals surface area contributed by atoms with Gasteiger partial charge in [-0.3, -0.25) is 0 Å². The van der Waals surface area contributed by atoms with Gasteiger partial charge in [-0.2, -0.15) is 0 Å². The molecule has 2 aromatic heterocycles. The monoisotopic (exact) mass is 541 g/mol. The number of nitrogens with zero attached hydrogens (tertiary/aromatic N) is 3. The minimum absolute atomic E-state index is 0.132. The number of aromatic carboxylic acids is 1. The molecule has 1 atom stereocenters. The molecular formula is C29H36FN3O6. The number of rotatable bonds is 12. The molecule has 1 fully saturated rings. The molecule has 3 aromatic rings. The van der Waals surface area contributed by atoms with Gasteiger partial charge < -0.3 is 33.7 Å². The number of aryl methyl sites for hydroxylation is 2. The molecule has 10 heteroatoms. The molecule has 0 radical (unpaired) electrons. The van der Waals surface area contributed by atoms with Crippen LogP contribution < -0.4 is 0 Å². The van der Waals surface area contributed by atoms with Crippen molar-refractivity contribution >= 4 is 11.6 Å². The minimum atomic E-state index is -1.20. The summed E-state index contributed by atoms with van der Waals surface area (Å²) in [5.41, 5.74) is 4.29. The van der Waals surface area contributed by atoms with E-state index in [2.05, 4.69) is 0 Å². The third kappa shape index (κ3) is 6.08. The summed E-state index contributed by atoms with van der Waals surface area (Å²) in [4.78, 5) is 18.1. The van der Waals surface area contributed by atoms with E-state index in [1.54, 1.807) is 28.3 Å². The van der Waals surface area contributed by atoms with Gasteiger partial charge in [0.05, 0.1) is 36.7 Å². The molecule has 1 aliphatic rings. The number of carbonyl (C=O) groups is 1. The van der Waals surface area contributed by atoms with Crippen LogP contribution in [0.3, 0.4) is 0 Å². The molecule has 0 bridgehead atoms. The standard InChI is InChI=1S/C29H36FN3O6/c1-17-9-10-33-23(27(31-24(33)11-17)26-18(2)12-20(29(35)36)13-22(26)30)14-21(34)15-32(16-25(37-3)38-4)28(39-5)19-7-6-8-19/h9-13,21,25,34H,6-8,14-16H2,1-5H3,(H,35,36)/t21-/m0/s1. The maximum atomic E-state index is 15.4. The number of benzene rings is 1. The second kappa shape index (κ2) is 12.1. The zero-order chi connectivity index (χ0) is 28.3. The highest BCUT2D eigenvalue weighted by Gasteiger charge is 2.27. The van der Waals surface area contributed by atoms with Gasteiger partial charge in [-0.15, -0.1) is 0 Å². The van der Waals surface area contributed by atoms with Crippen LogP contribution in [0.1, 0.15) is 46.4 Å². The summed E-state index contributed by atoms with van der Waals surface area (Å²) in [5.74, 6) is -1.17. The van der Waals surface area contributed by atoms with E-state index >= 15 is 4.39 Å². The van der Waals surface area contributed by atoms with Crippen LogP contribution in [0.25, 0.3) is 16.9 Å². The highest BCUT2D eigenvalue weighted by molar-refractivity contribution is 5.89. The number of carboxylic acids is 1. The summed E-state index contributed by atoms with van der Waals surface area (Å²) in [6.07, 6.45) is 3.56. The van der Waals surface area contributed by atoms with Crippen molar-refractivity contribution in [2.45, 2.75) is 51.9 Å². The first-order chi connectivity index (χ1) is 18.7. The summed E-state index contributed by atoms with van der Waals surface area (Å²) in [6, 6.07) is 6.25. The maximum Gasteiger partial charge on any atom is 0.335 e. The van der Waals surface area contributed by atoms with E-state index in [-0.39, 0.29) is 24.1 Å². The van der Waals surface area contributed by atoms with Crippen LogP contribution in [0.2, 0.25) is 0 Å². The third-order valence-corrected chi connectivity index (χ3v) is 7.15. The van der Waals surface area contributed by atoms with Gasteiger partial charge in [0.1, 0.15) is 11.5 Å². The van der Waals surface area contributed by atoms with Gasteiger partial charge in [0.25, 0.3) is 0 Å². The average Bonchev–Trinajstić information content (AvgIpc) is 3.19. The van der Waals surface area contributed by atoms with E-state index in [0.29, 0.717) is 35.0 Å². The fourth-order valence-electron chi connectivity index (χ4n) is 5.03. The van der Waals surface area contributed by atoms with Crippen LogP contribution in [0.15, 0.2) is 41.9 Å². The average molecular weight is 542 g/mol. The normalized spacial score (nSPS) is 14.0. The van der Waals surface area contributed by atoms with E-state index in [1.165, 1.54) is 11.6 Å².